The van der Waals surface area contributed by atoms with Crippen molar-refractivity contribution in [2.45, 2.75) is 26.1 Å². The summed E-state index contributed by atoms with van der Waals surface area (Å²) < 4.78 is 10.5. The minimum atomic E-state index is 0.176. The van der Waals surface area contributed by atoms with E-state index in [1.165, 1.54) is 12.8 Å². The van der Waals surface area contributed by atoms with Crippen LogP contribution in [0.15, 0.2) is 0 Å². The summed E-state index contributed by atoms with van der Waals surface area (Å²) in [5.41, 5.74) is 0. The SMILES string of the molecule is C1CC2CCOC2O1.CCNC. The van der Waals surface area contributed by atoms with Crippen LogP contribution >= 0.6 is 0 Å². The molecule has 1 N–H and O–H groups in total. The highest BCUT2D eigenvalue weighted by Crippen LogP contribution is 2.30. The second-order valence-electron chi connectivity index (χ2n) is 3.15. The van der Waals surface area contributed by atoms with Crippen LogP contribution in [-0.2, 0) is 9.47 Å². The van der Waals surface area contributed by atoms with Gasteiger partial charge in [-0.3, -0.25) is 0 Å². The van der Waals surface area contributed by atoms with Crippen LogP contribution in [0.25, 0.3) is 0 Å². The highest BCUT2D eigenvalue weighted by atomic mass is 16.7. The molecule has 0 aromatic carbocycles. The average molecular weight is 173 g/mol. The molecule has 0 radical (unpaired) electrons. The van der Waals surface area contributed by atoms with E-state index in [0.717, 1.165) is 25.7 Å². The van der Waals surface area contributed by atoms with Crippen LogP contribution in [0.4, 0.5) is 0 Å². The van der Waals surface area contributed by atoms with Crippen molar-refractivity contribution in [2.75, 3.05) is 26.8 Å². The molecule has 2 heterocycles. The summed E-state index contributed by atoms with van der Waals surface area (Å²) in [5, 5.41) is 2.93. The van der Waals surface area contributed by atoms with E-state index in [0.29, 0.717) is 0 Å². The predicted molar refractivity (Wildman–Crippen MR) is 48.0 cm³/mol. The summed E-state index contributed by atoms with van der Waals surface area (Å²) in [6.45, 7) is 4.96. The maximum atomic E-state index is 5.25. The maximum absolute atomic E-state index is 5.25. The lowest BCUT2D eigenvalue weighted by Gasteiger charge is -2.03. The summed E-state index contributed by atoms with van der Waals surface area (Å²) in [6, 6.07) is 0. The van der Waals surface area contributed by atoms with E-state index in [1.54, 1.807) is 0 Å². The average Bonchev–Trinajstić information content (AvgIpc) is 2.64. The molecular formula is C9H19NO2. The summed E-state index contributed by atoms with van der Waals surface area (Å²) in [5.74, 6) is 0.731. The second kappa shape index (κ2) is 5.51. The van der Waals surface area contributed by atoms with Crippen molar-refractivity contribution in [3.63, 3.8) is 0 Å². The molecule has 12 heavy (non-hydrogen) atoms. The molecule has 0 aromatic heterocycles. The molecule has 72 valence electrons. The number of rotatable bonds is 1. The number of hydrogen-bond donors (Lipinski definition) is 1. The summed E-state index contributed by atoms with van der Waals surface area (Å²) >= 11 is 0. The van der Waals surface area contributed by atoms with Gasteiger partial charge in [-0.2, -0.15) is 0 Å². The van der Waals surface area contributed by atoms with E-state index in [-0.39, 0.29) is 6.29 Å². The van der Waals surface area contributed by atoms with Gasteiger partial charge >= 0.3 is 0 Å². The van der Waals surface area contributed by atoms with Crippen LogP contribution in [0, 0.1) is 5.92 Å². The minimum Gasteiger partial charge on any atom is -0.352 e. The monoisotopic (exact) mass is 173 g/mol. The van der Waals surface area contributed by atoms with Gasteiger partial charge < -0.3 is 14.8 Å². The zero-order valence-corrected chi connectivity index (χ0v) is 8.01. The zero-order valence-electron chi connectivity index (χ0n) is 8.01. The lowest BCUT2D eigenvalue weighted by Crippen LogP contribution is -2.08. The molecule has 2 saturated heterocycles. The molecule has 0 atom stereocenters. The molecule has 0 bridgehead atoms. The molecule has 2 fully saturated rings. The molecule has 0 spiro atoms. The first-order chi connectivity index (χ1) is 5.88. The first-order valence-electron chi connectivity index (χ1n) is 4.76. The molecule has 2 rings (SSSR count). The van der Waals surface area contributed by atoms with Gasteiger partial charge in [0.1, 0.15) is 0 Å². The van der Waals surface area contributed by atoms with Crippen molar-refractivity contribution >= 4 is 0 Å². The Labute approximate surface area is 74.4 Å². The number of fused-ring (bicyclic) bond motifs is 1. The lowest BCUT2D eigenvalue weighted by atomic mass is 10.1. The first-order valence-corrected chi connectivity index (χ1v) is 4.76. The summed E-state index contributed by atoms with van der Waals surface area (Å²) in [7, 11) is 1.93. The Morgan fingerprint density at radius 1 is 1.25 bits per heavy atom. The van der Waals surface area contributed by atoms with Gasteiger partial charge in [-0.1, -0.05) is 6.92 Å². The van der Waals surface area contributed by atoms with Crippen LogP contribution in [-0.4, -0.2) is 33.1 Å². The molecule has 0 aromatic rings. The Morgan fingerprint density at radius 2 is 1.75 bits per heavy atom. The Hall–Kier alpha value is -0.120. The van der Waals surface area contributed by atoms with Gasteiger partial charge in [0, 0.05) is 5.92 Å². The molecule has 0 amide bonds. The fourth-order valence-electron chi connectivity index (χ4n) is 1.41. The van der Waals surface area contributed by atoms with Crippen LogP contribution in [0.1, 0.15) is 19.8 Å². The summed E-state index contributed by atoms with van der Waals surface area (Å²) in [4.78, 5) is 0. The highest BCUT2D eigenvalue weighted by molar-refractivity contribution is 4.73. The highest BCUT2D eigenvalue weighted by Gasteiger charge is 2.33. The van der Waals surface area contributed by atoms with Crippen molar-refractivity contribution in [1.82, 2.24) is 5.32 Å². The lowest BCUT2D eigenvalue weighted by molar-refractivity contribution is -0.0904. The van der Waals surface area contributed by atoms with Crippen molar-refractivity contribution in [3.8, 4) is 0 Å². The standard InChI is InChI=1S/C6H10O2.C3H9N/c1-3-7-6-5(1)2-4-8-6;1-3-4-2/h5-6H,1-4H2;4H,3H2,1-2H3. The fraction of sp³-hybridized carbons (Fsp3) is 1.00. The third-order valence-electron chi connectivity index (χ3n) is 2.28. The normalized spacial score (nSPS) is 32.5. The van der Waals surface area contributed by atoms with Gasteiger partial charge in [-0.25, -0.2) is 0 Å². The smallest absolute Gasteiger partial charge is 0.160 e. The van der Waals surface area contributed by atoms with E-state index < -0.39 is 0 Å². The van der Waals surface area contributed by atoms with E-state index in [9.17, 15) is 0 Å². The van der Waals surface area contributed by atoms with Gasteiger partial charge in [-0.05, 0) is 26.4 Å². The van der Waals surface area contributed by atoms with Gasteiger partial charge in [0.2, 0.25) is 0 Å². The van der Waals surface area contributed by atoms with Crippen LogP contribution < -0.4 is 5.32 Å². The van der Waals surface area contributed by atoms with Crippen molar-refractivity contribution in [1.29, 1.82) is 0 Å². The molecule has 3 nitrogen and oxygen atoms in total. The maximum Gasteiger partial charge on any atom is 0.160 e. The predicted octanol–water partition coefficient (Wildman–Crippen LogP) is 0.995. The quantitative estimate of drug-likeness (QED) is 0.641. The topological polar surface area (TPSA) is 30.5 Å². The third kappa shape index (κ3) is 2.73. The molecular weight excluding hydrogens is 154 g/mol. The Kier molecular flexibility index (Phi) is 4.58. The van der Waals surface area contributed by atoms with E-state index in [4.69, 9.17) is 9.47 Å². The zero-order chi connectivity index (χ0) is 8.81. The van der Waals surface area contributed by atoms with Crippen LogP contribution in [0.3, 0.4) is 0 Å². The first kappa shape index (κ1) is 9.96. The van der Waals surface area contributed by atoms with Crippen molar-refractivity contribution < 1.29 is 9.47 Å². The van der Waals surface area contributed by atoms with Gasteiger partial charge in [0.15, 0.2) is 6.29 Å². The molecule has 0 aliphatic carbocycles. The second-order valence-corrected chi connectivity index (χ2v) is 3.15. The Morgan fingerprint density at radius 3 is 2.08 bits per heavy atom. The fourth-order valence-corrected chi connectivity index (χ4v) is 1.41. The minimum absolute atomic E-state index is 0.176. The van der Waals surface area contributed by atoms with E-state index in [2.05, 4.69) is 12.2 Å². The van der Waals surface area contributed by atoms with Gasteiger partial charge in [0.05, 0.1) is 13.2 Å². The van der Waals surface area contributed by atoms with Gasteiger partial charge in [0.25, 0.3) is 0 Å². The molecule has 3 heteroatoms. The molecule has 0 saturated carbocycles. The summed E-state index contributed by atoms with van der Waals surface area (Å²) in [6.07, 6.45) is 2.60. The number of nitrogens with one attached hydrogen (secondary N) is 1. The third-order valence-corrected chi connectivity index (χ3v) is 2.28. The Balaban J connectivity index is 0.000000157. The number of hydrogen-bond acceptors (Lipinski definition) is 3. The number of ether oxygens (including phenoxy) is 2. The molecule has 2 aliphatic rings. The van der Waals surface area contributed by atoms with E-state index in [1.807, 2.05) is 7.05 Å². The van der Waals surface area contributed by atoms with E-state index >= 15 is 0 Å². The van der Waals surface area contributed by atoms with Crippen LogP contribution in [0.5, 0.6) is 0 Å². The van der Waals surface area contributed by atoms with Crippen LogP contribution in [0.2, 0.25) is 0 Å². The Bertz CT molecular complexity index is 97.1. The van der Waals surface area contributed by atoms with Gasteiger partial charge in [-0.15, -0.1) is 0 Å². The molecule has 0 unspecified atom stereocenters. The molecule has 2 aliphatic heterocycles. The largest absolute Gasteiger partial charge is 0.352 e. The van der Waals surface area contributed by atoms with Crippen molar-refractivity contribution in [3.05, 3.63) is 0 Å². The van der Waals surface area contributed by atoms with Crippen molar-refractivity contribution in [2.24, 2.45) is 5.92 Å².